The van der Waals surface area contributed by atoms with Gasteiger partial charge in [0.25, 0.3) is 5.91 Å². The molecule has 0 radical (unpaired) electrons. The molecule has 1 heterocycles. The molecular formula is C19H13F2N3O2S. The fraction of sp³-hybridized carbons (Fsp3) is 0.105. The summed E-state index contributed by atoms with van der Waals surface area (Å²) in [5.41, 5.74) is 1.40. The molecule has 0 bridgehead atoms. The lowest BCUT2D eigenvalue weighted by Gasteiger charge is -2.05. The Bertz CT molecular complexity index is 1030. The van der Waals surface area contributed by atoms with Crippen LogP contribution >= 0.6 is 11.3 Å². The van der Waals surface area contributed by atoms with Gasteiger partial charge in [0, 0.05) is 10.4 Å². The number of carbonyl (C=O) groups is 1. The number of thiazole rings is 1. The van der Waals surface area contributed by atoms with Crippen molar-refractivity contribution < 1.29 is 18.3 Å². The molecule has 0 saturated heterocycles. The minimum Gasteiger partial charge on any atom is -0.484 e. The molecule has 0 fully saturated rings. The predicted octanol–water partition coefficient (Wildman–Crippen LogP) is 4.29. The van der Waals surface area contributed by atoms with E-state index in [-0.39, 0.29) is 6.61 Å². The maximum atomic E-state index is 13.4. The van der Waals surface area contributed by atoms with Crippen molar-refractivity contribution in [3.8, 4) is 23.1 Å². The van der Waals surface area contributed by atoms with E-state index in [4.69, 9.17) is 10.00 Å². The number of anilines is 1. The second kappa shape index (κ2) is 7.93. The van der Waals surface area contributed by atoms with Gasteiger partial charge in [0.15, 0.2) is 23.4 Å². The third kappa shape index (κ3) is 4.46. The van der Waals surface area contributed by atoms with Crippen molar-refractivity contribution in [2.75, 3.05) is 11.9 Å². The number of aryl methyl sites for hydroxylation is 1. The second-order valence-corrected chi connectivity index (χ2v) is 6.73. The van der Waals surface area contributed by atoms with Gasteiger partial charge in [0.2, 0.25) is 0 Å². The molecule has 0 aliphatic carbocycles. The number of ether oxygens (including phenoxy) is 1. The molecule has 1 amide bonds. The number of aromatic nitrogens is 1. The Balaban J connectivity index is 1.64. The number of hydrogen-bond donors (Lipinski definition) is 1. The van der Waals surface area contributed by atoms with Crippen molar-refractivity contribution in [3.63, 3.8) is 0 Å². The van der Waals surface area contributed by atoms with Crippen LogP contribution in [0.5, 0.6) is 5.75 Å². The molecule has 0 aliphatic rings. The first kappa shape index (κ1) is 18.5. The molecule has 3 aromatic rings. The predicted molar refractivity (Wildman–Crippen MR) is 97.5 cm³/mol. The molecule has 8 heteroatoms. The van der Waals surface area contributed by atoms with Gasteiger partial charge >= 0.3 is 0 Å². The molecular weight excluding hydrogens is 372 g/mol. The van der Waals surface area contributed by atoms with E-state index in [1.54, 1.807) is 31.2 Å². The van der Waals surface area contributed by atoms with Crippen molar-refractivity contribution in [1.29, 1.82) is 5.26 Å². The summed E-state index contributed by atoms with van der Waals surface area (Å²) < 4.78 is 31.9. The van der Waals surface area contributed by atoms with Crippen LogP contribution < -0.4 is 10.1 Å². The monoisotopic (exact) mass is 385 g/mol. The Morgan fingerprint density at radius 2 is 1.96 bits per heavy atom. The third-order valence-electron chi connectivity index (χ3n) is 3.59. The van der Waals surface area contributed by atoms with E-state index in [0.29, 0.717) is 27.7 Å². The van der Waals surface area contributed by atoms with Gasteiger partial charge < -0.3 is 4.74 Å². The van der Waals surface area contributed by atoms with Gasteiger partial charge in [-0.1, -0.05) is 0 Å². The molecule has 5 nitrogen and oxygen atoms in total. The summed E-state index contributed by atoms with van der Waals surface area (Å²) >= 11 is 1.22. The Morgan fingerprint density at radius 1 is 1.22 bits per heavy atom. The van der Waals surface area contributed by atoms with Crippen LogP contribution in [-0.4, -0.2) is 17.5 Å². The Kier molecular flexibility index (Phi) is 5.43. The first-order chi connectivity index (χ1) is 13.0. The number of halogens is 2. The number of hydrogen-bond acceptors (Lipinski definition) is 5. The Hall–Kier alpha value is -3.31. The maximum absolute atomic E-state index is 13.4. The summed E-state index contributed by atoms with van der Waals surface area (Å²) in [4.78, 5) is 17.1. The van der Waals surface area contributed by atoms with E-state index in [2.05, 4.69) is 10.3 Å². The van der Waals surface area contributed by atoms with Crippen LogP contribution in [0.2, 0.25) is 0 Å². The van der Waals surface area contributed by atoms with Crippen LogP contribution in [-0.2, 0) is 4.79 Å². The number of benzene rings is 2. The molecule has 1 N–H and O–H groups in total. The zero-order chi connectivity index (χ0) is 19.4. The first-order valence-electron chi connectivity index (χ1n) is 7.82. The van der Waals surface area contributed by atoms with Crippen LogP contribution in [0.25, 0.3) is 11.3 Å². The molecule has 0 unspecified atom stereocenters. The number of amides is 1. The van der Waals surface area contributed by atoms with Crippen molar-refractivity contribution in [2.24, 2.45) is 0 Å². The minimum absolute atomic E-state index is 0.231. The topological polar surface area (TPSA) is 75.0 Å². The van der Waals surface area contributed by atoms with Gasteiger partial charge in [-0.3, -0.25) is 10.1 Å². The van der Waals surface area contributed by atoms with E-state index in [1.165, 1.54) is 17.4 Å². The molecule has 2 aromatic carbocycles. The van der Waals surface area contributed by atoms with E-state index in [1.807, 2.05) is 6.07 Å². The highest BCUT2D eigenvalue weighted by Crippen LogP contribution is 2.31. The zero-order valence-electron chi connectivity index (χ0n) is 14.1. The smallest absolute Gasteiger partial charge is 0.264 e. The van der Waals surface area contributed by atoms with Crippen LogP contribution in [0.4, 0.5) is 13.9 Å². The fourth-order valence-electron chi connectivity index (χ4n) is 2.29. The Labute approximate surface area is 157 Å². The summed E-state index contributed by atoms with van der Waals surface area (Å²) in [5, 5.41) is 11.7. The maximum Gasteiger partial charge on any atom is 0.264 e. The molecule has 0 spiro atoms. The highest BCUT2D eigenvalue weighted by atomic mass is 32.1. The molecule has 136 valence electrons. The first-order valence-corrected chi connectivity index (χ1v) is 8.63. The van der Waals surface area contributed by atoms with Crippen molar-refractivity contribution in [1.82, 2.24) is 4.98 Å². The quantitative estimate of drug-likeness (QED) is 0.711. The summed E-state index contributed by atoms with van der Waals surface area (Å²) in [6.45, 7) is 1.54. The summed E-state index contributed by atoms with van der Waals surface area (Å²) in [6, 6.07) is 11.9. The molecule has 0 aliphatic heterocycles. The van der Waals surface area contributed by atoms with E-state index in [0.717, 1.165) is 17.0 Å². The molecule has 0 atom stereocenters. The summed E-state index contributed by atoms with van der Waals surface area (Å²) in [5.74, 6) is -1.84. The normalized spacial score (nSPS) is 10.3. The van der Waals surface area contributed by atoms with Crippen molar-refractivity contribution in [3.05, 3.63) is 64.5 Å². The lowest BCUT2D eigenvalue weighted by molar-refractivity contribution is -0.118. The fourth-order valence-corrected chi connectivity index (χ4v) is 3.14. The van der Waals surface area contributed by atoms with Gasteiger partial charge in [-0.25, -0.2) is 13.8 Å². The van der Waals surface area contributed by atoms with Gasteiger partial charge in [-0.05, 0) is 49.4 Å². The highest BCUT2D eigenvalue weighted by Gasteiger charge is 2.14. The van der Waals surface area contributed by atoms with Gasteiger partial charge in [-0.2, -0.15) is 5.26 Å². The van der Waals surface area contributed by atoms with Gasteiger partial charge in [0.1, 0.15) is 5.75 Å². The average Bonchev–Trinajstić information content (AvgIpc) is 3.02. The van der Waals surface area contributed by atoms with E-state index >= 15 is 0 Å². The highest BCUT2D eigenvalue weighted by molar-refractivity contribution is 7.16. The second-order valence-electron chi connectivity index (χ2n) is 5.53. The number of nitrogens with zero attached hydrogens (tertiary/aromatic N) is 2. The lowest BCUT2D eigenvalue weighted by Crippen LogP contribution is -2.20. The number of rotatable bonds is 5. The van der Waals surface area contributed by atoms with Crippen LogP contribution in [0, 0.1) is 29.9 Å². The SMILES string of the molecule is Cc1sc(NC(=O)COc2ccc(C#N)cc2)nc1-c1ccc(F)c(F)c1. The van der Waals surface area contributed by atoms with Gasteiger partial charge in [0.05, 0.1) is 17.3 Å². The summed E-state index contributed by atoms with van der Waals surface area (Å²) in [6.07, 6.45) is 0. The molecule has 0 saturated carbocycles. The van der Waals surface area contributed by atoms with Gasteiger partial charge in [-0.15, -0.1) is 11.3 Å². The average molecular weight is 385 g/mol. The number of nitriles is 1. The number of nitrogens with one attached hydrogen (secondary N) is 1. The lowest BCUT2D eigenvalue weighted by atomic mass is 10.1. The minimum atomic E-state index is -0.957. The van der Waals surface area contributed by atoms with E-state index < -0.39 is 17.5 Å². The molecule has 1 aromatic heterocycles. The number of carbonyl (C=O) groups excluding carboxylic acids is 1. The zero-order valence-corrected chi connectivity index (χ0v) is 14.9. The van der Waals surface area contributed by atoms with E-state index in [9.17, 15) is 13.6 Å². The Morgan fingerprint density at radius 3 is 2.63 bits per heavy atom. The van der Waals surface area contributed by atoms with Crippen LogP contribution in [0.3, 0.4) is 0 Å². The van der Waals surface area contributed by atoms with Crippen molar-refractivity contribution >= 4 is 22.4 Å². The van der Waals surface area contributed by atoms with Crippen LogP contribution in [0.1, 0.15) is 10.4 Å². The standard InChI is InChI=1S/C19H13F2N3O2S/c1-11-18(13-4-7-15(20)16(21)8-13)24-19(27-11)23-17(25)10-26-14-5-2-12(9-22)3-6-14/h2-8H,10H2,1H3,(H,23,24,25). The third-order valence-corrected chi connectivity index (χ3v) is 4.48. The summed E-state index contributed by atoms with van der Waals surface area (Å²) in [7, 11) is 0. The largest absolute Gasteiger partial charge is 0.484 e. The van der Waals surface area contributed by atoms with Crippen LogP contribution in [0.15, 0.2) is 42.5 Å². The molecule has 27 heavy (non-hydrogen) atoms. The molecule has 3 rings (SSSR count). The van der Waals surface area contributed by atoms with Crippen molar-refractivity contribution in [2.45, 2.75) is 6.92 Å².